The average Bonchev–Trinajstić information content (AvgIpc) is 2.17. The van der Waals surface area contributed by atoms with Gasteiger partial charge in [0.2, 0.25) is 0 Å². The Bertz CT molecular complexity index is 357. The van der Waals surface area contributed by atoms with Gasteiger partial charge in [0.1, 0.15) is 5.69 Å². The minimum atomic E-state index is -0.500. The van der Waals surface area contributed by atoms with Crippen LogP contribution in [0.2, 0.25) is 0 Å². The lowest BCUT2D eigenvalue weighted by molar-refractivity contribution is -0.383. The van der Waals surface area contributed by atoms with E-state index in [1.165, 1.54) is 6.07 Å². The summed E-state index contributed by atoms with van der Waals surface area (Å²) in [4.78, 5) is 9.98. The number of nitrogens with zero attached hydrogens (tertiary/aromatic N) is 1. The van der Waals surface area contributed by atoms with Crippen molar-refractivity contribution in [1.29, 1.82) is 0 Å². The Labute approximate surface area is 91.4 Å². The lowest BCUT2D eigenvalue weighted by Gasteiger charge is -2.02. The van der Waals surface area contributed by atoms with Crippen molar-refractivity contribution >= 4 is 23.1 Å². The molecular formula is C9H12N2O3S. The molecule has 1 rings (SSSR count). The van der Waals surface area contributed by atoms with E-state index < -0.39 is 4.92 Å². The molecule has 0 saturated carbocycles. The van der Waals surface area contributed by atoms with Gasteiger partial charge >= 0.3 is 0 Å². The maximum atomic E-state index is 10.5. The molecule has 0 saturated heterocycles. The Hall–Kier alpha value is -1.27. The van der Waals surface area contributed by atoms with Crippen LogP contribution in [-0.2, 0) is 5.75 Å². The number of nitro groups is 1. The first-order chi connectivity index (χ1) is 7.15. The molecule has 6 heteroatoms. The van der Waals surface area contributed by atoms with Crippen LogP contribution in [0.4, 0.5) is 11.4 Å². The number of anilines is 1. The summed E-state index contributed by atoms with van der Waals surface area (Å²) in [5.41, 5.74) is 6.57. The second kappa shape index (κ2) is 5.57. The van der Waals surface area contributed by atoms with Crippen LogP contribution >= 0.6 is 11.8 Å². The van der Waals surface area contributed by atoms with E-state index in [-0.39, 0.29) is 18.0 Å². The standard InChI is InChI=1S/C9H12N2O3S/c10-8-5-7(6-15-4-3-12)1-2-9(8)11(13)14/h1-2,5,12H,3-4,6,10H2. The van der Waals surface area contributed by atoms with E-state index in [1.54, 1.807) is 23.9 Å². The van der Waals surface area contributed by atoms with Gasteiger partial charge in [0, 0.05) is 17.6 Å². The first kappa shape index (κ1) is 11.8. The molecule has 0 fully saturated rings. The van der Waals surface area contributed by atoms with Crippen LogP contribution in [0.5, 0.6) is 0 Å². The number of benzene rings is 1. The third-order valence-corrected chi connectivity index (χ3v) is 2.80. The van der Waals surface area contributed by atoms with Crippen molar-refractivity contribution < 1.29 is 10.0 Å². The molecule has 0 atom stereocenters. The minimum absolute atomic E-state index is 0.0640. The van der Waals surface area contributed by atoms with Gasteiger partial charge in [-0.05, 0) is 11.6 Å². The molecular weight excluding hydrogens is 216 g/mol. The molecule has 15 heavy (non-hydrogen) atoms. The Morgan fingerprint density at radius 3 is 2.80 bits per heavy atom. The summed E-state index contributed by atoms with van der Waals surface area (Å²) in [6.45, 7) is 0.132. The van der Waals surface area contributed by atoms with Crippen molar-refractivity contribution in [2.75, 3.05) is 18.1 Å². The van der Waals surface area contributed by atoms with Crippen LogP contribution in [0.1, 0.15) is 5.56 Å². The largest absolute Gasteiger partial charge is 0.396 e. The number of nitrogen functional groups attached to an aromatic ring is 1. The molecule has 0 amide bonds. The Morgan fingerprint density at radius 1 is 1.53 bits per heavy atom. The highest BCUT2D eigenvalue weighted by atomic mass is 32.2. The van der Waals surface area contributed by atoms with Crippen molar-refractivity contribution in [2.45, 2.75) is 5.75 Å². The second-order valence-electron chi connectivity index (χ2n) is 2.93. The summed E-state index contributed by atoms with van der Waals surface area (Å²) in [7, 11) is 0. The number of aliphatic hydroxyl groups is 1. The molecule has 3 N–H and O–H groups in total. The molecule has 0 radical (unpaired) electrons. The van der Waals surface area contributed by atoms with Gasteiger partial charge in [-0.25, -0.2) is 0 Å². The topological polar surface area (TPSA) is 89.4 Å². The molecule has 1 aromatic carbocycles. The summed E-state index contributed by atoms with van der Waals surface area (Å²) in [5, 5.41) is 19.1. The third-order valence-electron chi connectivity index (χ3n) is 1.79. The summed E-state index contributed by atoms with van der Waals surface area (Å²) < 4.78 is 0. The number of aliphatic hydroxyl groups excluding tert-OH is 1. The van der Waals surface area contributed by atoms with Gasteiger partial charge in [-0.15, -0.1) is 0 Å². The summed E-state index contributed by atoms with van der Waals surface area (Å²) in [6.07, 6.45) is 0. The molecule has 1 aromatic rings. The molecule has 0 heterocycles. The summed E-state index contributed by atoms with van der Waals surface area (Å²) >= 11 is 1.55. The van der Waals surface area contributed by atoms with Gasteiger partial charge in [0.15, 0.2) is 0 Å². The van der Waals surface area contributed by atoms with Gasteiger partial charge in [0.05, 0.1) is 11.5 Å². The van der Waals surface area contributed by atoms with Gasteiger partial charge in [0.25, 0.3) is 5.69 Å². The van der Waals surface area contributed by atoms with E-state index >= 15 is 0 Å². The Morgan fingerprint density at radius 2 is 2.27 bits per heavy atom. The number of thioether (sulfide) groups is 1. The van der Waals surface area contributed by atoms with Crippen LogP contribution in [0, 0.1) is 10.1 Å². The smallest absolute Gasteiger partial charge is 0.292 e. The summed E-state index contributed by atoms with van der Waals surface area (Å²) in [6, 6.07) is 4.69. The molecule has 0 aliphatic heterocycles. The lowest BCUT2D eigenvalue weighted by atomic mass is 10.2. The molecule has 0 bridgehead atoms. The first-order valence-electron chi connectivity index (χ1n) is 4.36. The van der Waals surface area contributed by atoms with Crippen molar-refractivity contribution in [3.05, 3.63) is 33.9 Å². The Kier molecular flexibility index (Phi) is 4.38. The van der Waals surface area contributed by atoms with Crippen LogP contribution in [0.25, 0.3) is 0 Å². The van der Waals surface area contributed by atoms with E-state index in [4.69, 9.17) is 10.8 Å². The van der Waals surface area contributed by atoms with Crippen molar-refractivity contribution in [3.63, 3.8) is 0 Å². The monoisotopic (exact) mass is 228 g/mol. The highest BCUT2D eigenvalue weighted by molar-refractivity contribution is 7.98. The fourth-order valence-electron chi connectivity index (χ4n) is 1.11. The number of nitrogens with two attached hydrogens (primary N) is 1. The Balaban J connectivity index is 2.69. The SMILES string of the molecule is Nc1cc(CSCCO)ccc1[N+](=O)[O-]. The van der Waals surface area contributed by atoms with Crippen molar-refractivity contribution in [1.82, 2.24) is 0 Å². The van der Waals surface area contributed by atoms with E-state index in [2.05, 4.69) is 0 Å². The molecule has 0 aromatic heterocycles. The number of hydrogen-bond acceptors (Lipinski definition) is 5. The maximum absolute atomic E-state index is 10.5. The fourth-order valence-corrected chi connectivity index (χ4v) is 1.80. The zero-order chi connectivity index (χ0) is 11.3. The predicted octanol–water partition coefficient (Wildman–Crippen LogP) is 1.40. The quantitative estimate of drug-likeness (QED) is 0.344. The van der Waals surface area contributed by atoms with Crippen molar-refractivity contribution in [2.24, 2.45) is 0 Å². The van der Waals surface area contributed by atoms with Gasteiger partial charge in [-0.1, -0.05) is 6.07 Å². The number of rotatable bonds is 5. The number of nitro benzene ring substituents is 1. The average molecular weight is 228 g/mol. The predicted molar refractivity (Wildman–Crippen MR) is 60.8 cm³/mol. The lowest BCUT2D eigenvalue weighted by Crippen LogP contribution is -1.96. The molecule has 0 aliphatic carbocycles. The third kappa shape index (κ3) is 3.41. The van der Waals surface area contributed by atoms with Crippen LogP contribution < -0.4 is 5.73 Å². The normalized spacial score (nSPS) is 10.2. The second-order valence-corrected chi connectivity index (χ2v) is 4.03. The van der Waals surface area contributed by atoms with Crippen molar-refractivity contribution in [3.8, 4) is 0 Å². The number of hydrogen-bond donors (Lipinski definition) is 2. The van der Waals surface area contributed by atoms with Crippen LogP contribution in [0.15, 0.2) is 18.2 Å². The summed E-state index contributed by atoms with van der Waals surface area (Å²) in [5.74, 6) is 1.35. The van der Waals surface area contributed by atoms with E-state index in [1.807, 2.05) is 0 Å². The van der Waals surface area contributed by atoms with E-state index in [0.29, 0.717) is 11.5 Å². The molecule has 0 unspecified atom stereocenters. The highest BCUT2D eigenvalue weighted by Crippen LogP contribution is 2.24. The highest BCUT2D eigenvalue weighted by Gasteiger charge is 2.10. The van der Waals surface area contributed by atoms with Crippen LogP contribution in [0.3, 0.4) is 0 Å². The zero-order valence-electron chi connectivity index (χ0n) is 8.05. The molecule has 5 nitrogen and oxygen atoms in total. The minimum Gasteiger partial charge on any atom is -0.396 e. The molecule has 82 valence electrons. The van der Waals surface area contributed by atoms with Crippen LogP contribution in [-0.4, -0.2) is 22.4 Å². The molecule has 0 aliphatic rings. The van der Waals surface area contributed by atoms with Gasteiger partial charge in [-0.2, -0.15) is 11.8 Å². The van der Waals surface area contributed by atoms with Gasteiger partial charge < -0.3 is 10.8 Å². The maximum Gasteiger partial charge on any atom is 0.292 e. The van der Waals surface area contributed by atoms with E-state index in [0.717, 1.165) is 5.56 Å². The zero-order valence-corrected chi connectivity index (χ0v) is 8.87. The fraction of sp³-hybridized carbons (Fsp3) is 0.333. The first-order valence-corrected chi connectivity index (χ1v) is 5.52. The van der Waals surface area contributed by atoms with E-state index in [9.17, 15) is 10.1 Å². The van der Waals surface area contributed by atoms with Gasteiger partial charge in [-0.3, -0.25) is 10.1 Å². The molecule has 0 spiro atoms.